The summed E-state index contributed by atoms with van der Waals surface area (Å²) in [5.74, 6) is -0.708. The number of carbonyl (C=O) groups is 3. The van der Waals surface area contributed by atoms with Gasteiger partial charge in [0.05, 0.1) is 28.1 Å². The van der Waals surface area contributed by atoms with Crippen molar-refractivity contribution in [2.75, 3.05) is 34.8 Å². The third-order valence-corrected chi connectivity index (χ3v) is 6.94. The highest BCUT2D eigenvalue weighted by molar-refractivity contribution is 6.35. The average molecular weight is 568 g/mol. The molecule has 4 aromatic rings. The third kappa shape index (κ3) is 5.99. The van der Waals surface area contributed by atoms with Gasteiger partial charge in [-0.25, -0.2) is 9.37 Å². The average Bonchev–Trinajstić information content (AvgIpc) is 3.43. The van der Waals surface area contributed by atoms with Gasteiger partial charge in [0.15, 0.2) is 0 Å². The van der Waals surface area contributed by atoms with Crippen LogP contribution in [0, 0.1) is 19.7 Å². The van der Waals surface area contributed by atoms with Gasteiger partial charge in [0.2, 0.25) is 0 Å². The lowest BCUT2D eigenvalue weighted by atomic mass is 10.0. The molecule has 0 saturated heterocycles. The zero-order chi connectivity index (χ0) is 29.8. The molecule has 11 heteroatoms. The molecule has 0 unspecified atom stereocenters. The monoisotopic (exact) mass is 567 g/mol. The number of carbonyl (C=O) groups excluding carboxylic acids is 3. The first-order valence-electron chi connectivity index (χ1n) is 13.4. The number of hydrogen-bond donors (Lipinski definition) is 6. The number of amides is 3. The van der Waals surface area contributed by atoms with E-state index >= 15 is 0 Å². The number of aromatic nitrogens is 2. The molecule has 0 bridgehead atoms. The molecule has 2 aromatic heterocycles. The van der Waals surface area contributed by atoms with Gasteiger partial charge < -0.3 is 32.0 Å². The van der Waals surface area contributed by atoms with Gasteiger partial charge in [-0.15, -0.1) is 0 Å². The fourth-order valence-electron chi connectivity index (χ4n) is 4.74. The van der Waals surface area contributed by atoms with E-state index in [4.69, 9.17) is 5.73 Å². The number of nitrogen functional groups attached to an aromatic ring is 1. The van der Waals surface area contributed by atoms with Crippen LogP contribution in [-0.4, -0.2) is 40.8 Å². The molecule has 3 amide bonds. The summed E-state index contributed by atoms with van der Waals surface area (Å²) >= 11 is 0. The standard InChI is InChI=1S/C31H30FN7O3/c1-17-26(15-22-21-14-20(32)9-10-24(21)38-30(22)41)37-18(2)28(17)31(42)35-13-5-12-34-27-11-8-19(16-36-27)29(40)39-25-7-4-3-6-23(25)33/h3-4,6-11,14-16,37H,5,12-13,33H2,1-2H3,(H,34,36)(H,35,42)(H,38,41)(H,39,40). The van der Waals surface area contributed by atoms with Crippen molar-refractivity contribution in [3.8, 4) is 0 Å². The van der Waals surface area contributed by atoms with Gasteiger partial charge in [0, 0.05) is 41.9 Å². The van der Waals surface area contributed by atoms with E-state index < -0.39 is 5.82 Å². The molecule has 1 aliphatic heterocycles. The molecule has 1 aliphatic rings. The van der Waals surface area contributed by atoms with Crippen LogP contribution in [-0.2, 0) is 4.79 Å². The summed E-state index contributed by atoms with van der Waals surface area (Å²) in [6.45, 7) is 4.56. The zero-order valence-corrected chi connectivity index (χ0v) is 23.1. The Labute approximate surface area is 241 Å². The maximum Gasteiger partial charge on any atom is 0.257 e. The molecule has 0 aliphatic carbocycles. The number of benzene rings is 2. The molecule has 0 saturated carbocycles. The third-order valence-electron chi connectivity index (χ3n) is 6.94. The first-order valence-corrected chi connectivity index (χ1v) is 13.4. The van der Waals surface area contributed by atoms with E-state index in [0.717, 1.165) is 0 Å². The second-order valence-electron chi connectivity index (χ2n) is 9.88. The summed E-state index contributed by atoms with van der Waals surface area (Å²) in [7, 11) is 0. The fraction of sp³-hybridized carbons (Fsp3) is 0.161. The number of anilines is 4. The van der Waals surface area contributed by atoms with Crippen LogP contribution in [0.3, 0.4) is 0 Å². The lowest BCUT2D eigenvalue weighted by molar-refractivity contribution is -0.110. The molecule has 0 fully saturated rings. The van der Waals surface area contributed by atoms with Crippen LogP contribution in [0.1, 0.15) is 49.7 Å². The van der Waals surface area contributed by atoms with Crippen LogP contribution in [0.5, 0.6) is 0 Å². The number of hydrogen-bond acceptors (Lipinski definition) is 6. The van der Waals surface area contributed by atoms with Crippen LogP contribution < -0.4 is 27.0 Å². The molecule has 2 aromatic carbocycles. The number of rotatable bonds is 9. The summed E-state index contributed by atoms with van der Waals surface area (Å²) in [4.78, 5) is 45.4. The molecule has 0 spiro atoms. The first-order chi connectivity index (χ1) is 20.2. The Morgan fingerprint density at radius 2 is 1.86 bits per heavy atom. The van der Waals surface area contributed by atoms with E-state index in [1.807, 2.05) is 0 Å². The van der Waals surface area contributed by atoms with Crippen molar-refractivity contribution in [1.29, 1.82) is 0 Å². The second kappa shape index (κ2) is 12.0. The van der Waals surface area contributed by atoms with Crippen LogP contribution in [0.2, 0.25) is 0 Å². The number of para-hydroxylation sites is 2. The van der Waals surface area contributed by atoms with E-state index in [1.165, 1.54) is 24.4 Å². The minimum atomic E-state index is -0.435. The van der Waals surface area contributed by atoms with Crippen molar-refractivity contribution < 1.29 is 18.8 Å². The number of halogens is 1. The number of aromatic amines is 1. The van der Waals surface area contributed by atoms with Crippen molar-refractivity contribution in [2.45, 2.75) is 20.3 Å². The SMILES string of the molecule is Cc1[nH]c(C=C2C(=O)Nc3ccc(F)cc32)c(C)c1C(=O)NCCCNc1ccc(C(=O)Nc2ccccc2N)cn1. The second-order valence-corrected chi connectivity index (χ2v) is 9.88. The van der Waals surface area contributed by atoms with Crippen molar-refractivity contribution in [1.82, 2.24) is 15.3 Å². The lowest BCUT2D eigenvalue weighted by Crippen LogP contribution is -2.26. The number of H-pyrrole nitrogens is 1. The molecule has 10 nitrogen and oxygen atoms in total. The number of aryl methyl sites for hydroxylation is 1. The predicted octanol–water partition coefficient (Wildman–Crippen LogP) is 4.72. The van der Waals surface area contributed by atoms with E-state index in [0.29, 0.717) is 81.6 Å². The van der Waals surface area contributed by atoms with Gasteiger partial charge in [-0.2, -0.15) is 0 Å². The smallest absolute Gasteiger partial charge is 0.257 e. The minimum Gasteiger partial charge on any atom is -0.397 e. The maximum atomic E-state index is 13.8. The quantitative estimate of drug-likeness (QED) is 0.0977. The summed E-state index contributed by atoms with van der Waals surface area (Å²) in [5.41, 5.74) is 11.1. The molecular formula is C31H30FN7O3. The molecule has 0 radical (unpaired) electrons. The largest absolute Gasteiger partial charge is 0.397 e. The number of pyridine rings is 1. The molecule has 3 heterocycles. The van der Waals surface area contributed by atoms with E-state index in [-0.39, 0.29) is 17.7 Å². The lowest BCUT2D eigenvalue weighted by Gasteiger charge is -2.09. The van der Waals surface area contributed by atoms with Crippen LogP contribution in [0.25, 0.3) is 11.6 Å². The fourth-order valence-corrected chi connectivity index (χ4v) is 4.74. The highest BCUT2D eigenvalue weighted by atomic mass is 19.1. The molecule has 7 N–H and O–H groups in total. The Hall–Kier alpha value is -5.45. The van der Waals surface area contributed by atoms with Gasteiger partial charge in [-0.1, -0.05) is 12.1 Å². The van der Waals surface area contributed by atoms with Crippen LogP contribution in [0.15, 0.2) is 60.8 Å². The first kappa shape index (κ1) is 28.1. The summed E-state index contributed by atoms with van der Waals surface area (Å²) < 4.78 is 13.8. The Morgan fingerprint density at radius 3 is 2.62 bits per heavy atom. The van der Waals surface area contributed by atoms with Crippen LogP contribution >= 0.6 is 0 Å². The molecule has 42 heavy (non-hydrogen) atoms. The van der Waals surface area contributed by atoms with E-state index in [9.17, 15) is 18.8 Å². The van der Waals surface area contributed by atoms with Gasteiger partial charge in [0.25, 0.3) is 17.7 Å². The normalized spacial score (nSPS) is 13.0. The molecule has 0 atom stereocenters. The van der Waals surface area contributed by atoms with Crippen molar-refractivity contribution >= 4 is 52.3 Å². The number of fused-ring (bicyclic) bond motifs is 1. The summed E-state index contributed by atoms with van der Waals surface area (Å²) in [6.07, 6.45) is 3.75. The summed E-state index contributed by atoms with van der Waals surface area (Å²) in [6, 6.07) is 14.5. The summed E-state index contributed by atoms with van der Waals surface area (Å²) in [5, 5.41) is 11.6. The highest BCUT2D eigenvalue weighted by Gasteiger charge is 2.26. The zero-order valence-electron chi connectivity index (χ0n) is 23.1. The van der Waals surface area contributed by atoms with Crippen molar-refractivity contribution in [2.24, 2.45) is 0 Å². The Bertz CT molecular complexity index is 1710. The van der Waals surface area contributed by atoms with Crippen LogP contribution in [0.4, 0.5) is 27.3 Å². The van der Waals surface area contributed by atoms with Gasteiger partial charge in [-0.05, 0) is 74.4 Å². The van der Waals surface area contributed by atoms with Crippen molar-refractivity contribution in [3.05, 3.63) is 100 Å². The molecule has 214 valence electrons. The Kier molecular flexibility index (Phi) is 8.00. The Morgan fingerprint density at radius 1 is 1.05 bits per heavy atom. The molecule has 5 rings (SSSR count). The maximum absolute atomic E-state index is 13.8. The highest BCUT2D eigenvalue weighted by Crippen LogP contribution is 2.34. The van der Waals surface area contributed by atoms with Gasteiger partial charge in [0.1, 0.15) is 11.6 Å². The number of nitrogens with two attached hydrogens (primary N) is 1. The number of nitrogens with zero attached hydrogens (tertiary/aromatic N) is 1. The van der Waals surface area contributed by atoms with Gasteiger partial charge >= 0.3 is 0 Å². The van der Waals surface area contributed by atoms with E-state index in [1.54, 1.807) is 56.3 Å². The minimum absolute atomic E-state index is 0.235. The topological polar surface area (TPSA) is 154 Å². The molecular weight excluding hydrogens is 537 g/mol. The number of nitrogens with one attached hydrogen (secondary N) is 5. The van der Waals surface area contributed by atoms with E-state index in [2.05, 4.69) is 31.2 Å². The Balaban J connectivity index is 1.12. The van der Waals surface area contributed by atoms with Gasteiger partial charge in [-0.3, -0.25) is 14.4 Å². The predicted molar refractivity (Wildman–Crippen MR) is 162 cm³/mol. The van der Waals surface area contributed by atoms with Crippen molar-refractivity contribution in [3.63, 3.8) is 0 Å².